The van der Waals surface area contributed by atoms with Crippen LogP contribution in [-0.4, -0.2) is 72.2 Å². The maximum absolute atomic E-state index is 12.2. The van der Waals surface area contributed by atoms with Gasteiger partial charge in [-0.25, -0.2) is 4.79 Å². The third kappa shape index (κ3) is 6.06. The maximum Gasteiger partial charge on any atom is 0.410 e. The Hall–Kier alpha value is -2.35. The van der Waals surface area contributed by atoms with Crippen molar-refractivity contribution in [3.8, 4) is 0 Å². The minimum atomic E-state index is -0.457. The molecule has 3 rings (SSSR count). The third-order valence-electron chi connectivity index (χ3n) is 5.56. The zero-order valence-corrected chi connectivity index (χ0v) is 17.7. The van der Waals surface area contributed by atoms with Crippen molar-refractivity contribution in [2.45, 2.75) is 39.2 Å². The van der Waals surface area contributed by atoms with Gasteiger partial charge in [-0.3, -0.25) is 15.0 Å². The molecule has 0 atom stereocenters. The van der Waals surface area contributed by atoms with E-state index in [4.69, 9.17) is 4.74 Å². The van der Waals surface area contributed by atoms with Crippen molar-refractivity contribution in [3.05, 3.63) is 34.4 Å². The quantitative estimate of drug-likeness (QED) is 0.566. The van der Waals surface area contributed by atoms with Crippen LogP contribution in [0.5, 0.6) is 0 Å². The molecule has 1 aromatic carbocycles. The first-order valence-electron chi connectivity index (χ1n) is 10.4. The normalized spacial score (nSPS) is 19.3. The van der Waals surface area contributed by atoms with Crippen molar-refractivity contribution >= 4 is 17.5 Å². The molecule has 29 heavy (non-hydrogen) atoms. The van der Waals surface area contributed by atoms with E-state index in [2.05, 4.69) is 9.80 Å². The summed E-state index contributed by atoms with van der Waals surface area (Å²) in [6.07, 6.45) is 1.94. The molecule has 2 heterocycles. The lowest BCUT2D eigenvalue weighted by Gasteiger charge is -2.39. The second-order valence-electron chi connectivity index (χ2n) is 8.98. The molecule has 0 spiro atoms. The van der Waals surface area contributed by atoms with Gasteiger partial charge in [-0.15, -0.1) is 0 Å². The summed E-state index contributed by atoms with van der Waals surface area (Å²) in [5.41, 5.74) is 0.623. The molecule has 1 aromatic rings. The number of carbonyl (C=O) groups is 1. The maximum atomic E-state index is 12.2. The van der Waals surface area contributed by atoms with Crippen LogP contribution in [0.3, 0.4) is 0 Å². The second kappa shape index (κ2) is 8.98. The Kier molecular flexibility index (Phi) is 6.62. The summed E-state index contributed by atoms with van der Waals surface area (Å²) in [4.78, 5) is 29.3. The van der Waals surface area contributed by atoms with Gasteiger partial charge < -0.3 is 14.5 Å². The number of benzene rings is 1. The molecule has 0 aromatic heterocycles. The van der Waals surface area contributed by atoms with E-state index < -0.39 is 5.60 Å². The van der Waals surface area contributed by atoms with Crippen molar-refractivity contribution in [2.24, 2.45) is 5.92 Å². The van der Waals surface area contributed by atoms with E-state index in [1.807, 2.05) is 26.8 Å². The van der Waals surface area contributed by atoms with E-state index in [1.54, 1.807) is 17.0 Å². The Morgan fingerprint density at radius 2 is 1.79 bits per heavy atom. The fraction of sp³-hybridized carbons (Fsp3) is 0.667. The number of nitrogens with zero attached hydrogens (tertiary/aromatic N) is 4. The molecule has 1 amide bonds. The van der Waals surface area contributed by atoms with Crippen molar-refractivity contribution in [1.29, 1.82) is 0 Å². The standard InChI is InChI=1S/C21H32N4O4/c1-21(2,3)29-20(26)24-13-11-22(12-14-24)16-17-7-9-23(10-8-17)18-5-4-6-19(15-18)25(27)28/h4-6,15,17H,7-14,16H2,1-3H3. The lowest BCUT2D eigenvalue weighted by atomic mass is 9.95. The van der Waals surface area contributed by atoms with Crippen LogP contribution in [0, 0.1) is 16.0 Å². The van der Waals surface area contributed by atoms with Crippen LogP contribution in [-0.2, 0) is 4.74 Å². The van der Waals surface area contributed by atoms with Gasteiger partial charge in [0.15, 0.2) is 0 Å². The Bertz CT molecular complexity index is 718. The SMILES string of the molecule is CC(C)(C)OC(=O)N1CCN(CC2CCN(c3cccc([N+](=O)[O-])c3)CC2)CC1. The molecule has 8 heteroatoms. The average molecular weight is 405 g/mol. The van der Waals surface area contributed by atoms with Gasteiger partial charge in [-0.1, -0.05) is 6.07 Å². The minimum absolute atomic E-state index is 0.146. The Morgan fingerprint density at radius 3 is 2.38 bits per heavy atom. The topological polar surface area (TPSA) is 79.2 Å². The third-order valence-corrected chi connectivity index (χ3v) is 5.56. The van der Waals surface area contributed by atoms with E-state index in [-0.39, 0.29) is 16.7 Å². The molecular formula is C21H32N4O4. The number of piperazine rings is 1. The van der Waals surface area contributed by atoms with E-state index in [0.717, 1.165) is 51.3 Å². The highest BCUT2D eigenvalue weighted by molar-refractivity contribution is 5.68. The van der Waals surface area contributed by atoms with Crippen LogP contribution in [0.1, 0.15) is 33.6 Å². The Labute approximate surface area is 172 Å². The first-order chi connectivity index (χ1) is 13.7. The van der Waals surface area contributed by atoms with Gasteiger partial charge in [0.25, 0.3) is 5.69 Å². The zero-order valence-electron chi connectivity index (χ0n) is 17.7. The first-order valence-corrected chi connectivity index (χ1v) is 10.4. The minimum Gasteiger partial charge on any atom is -0.444 e. The summed E-state index contributed by atoms with van der Waals surface area (Å²) in [5.74, 6) is 0.623. The monoisotopic (exact) mass is 404 g/mol. The molecule has 0 aliphatic carbocycles. The number of rotatable bonds is 4. The highest BCUT2D eigenvalue weighted by Crippen LogP contribution is 2.27. The van der Waals surface area contributed by atoms with Crippen LogP contribution >= 0.6 is 0 Å². The molecule has 2 fully saturated rings. The summed E-state index contributed by atoms with van der Waals surface area (Å²) in [6.45, 7) is 11.7. The molecule has 0 N–H and O–H groups in total. The number of hydrogen-bond acceptors (Lipinski definition) is 6. The van der Waals surface area contributed by atoms with Crippen LogP contribution < -0.4 is 4.90 Å². The van der Waals surface area contributed by atoms with Crippen molar-refractivity contribution in [2.75, 3.05) is 50.7 Å². The molecular weight excluding hydrogens is 372 g/mol. The van der Waals surface area contributed by atoms with E-state index >= 15 is 0 Å². The molecule has 8 nitrogen and oxygen atoms in total. The molecule has 0 radical (unpaired) electrons. The fourth-order valence-electron chi connectivity index (χ4n) is 3.98. The van der Waals surface area contributed by atoms with E-state index in [1.165, 1.54) is 6.07 Å². The summed E-state index contributed by atoms with van der Waals surface area (Å²) in [5, 5.41) is 11.0. The van der Waals surface area contributed by atoms with Gasteiger partial charge >= 0.3 is 6.09 Å². The highest BCUT2D eigenvalue weighted by atomic mass is 16.6. The fourth-order valence-corrected chi connectivity index (χ4v) is 3.98. The number of anilines is 1. The number of hydrogen-bond donors (Lipinski definition) is 0. The van der Waals surface area contributed by atoms with E-state index in [9.17, 15) is 14.9 Å². The molecule has 2 aliphatic rings. The molecule has 0 unspecified atom stereocenters. The summed E-state index contributed by atoms with van der Waals surface area (Å²) in [6, 6.07) is 6.90. The van der Waals surface area contributed by atoms with Gasteiger partial charge in [-0.2, -0.15) is 0 Å². The van der Waals surface area contributed by atoms with Crippen molar-refractivity contribution < 1.29 is 14.5 Å². The molecule has 2 aliphatic heterocycles. The summed E-state index contributed by atoms with van der Waals surface area (Å²) >= 11 is 0. The van der Waals surface area contributed by atoms with E-state index in [0.29, 0.717) is 19.0 Å². The number of nitro groups is 1. The van der Waals surface area contributed by atoms with Crippen LogP contribution in [0.2, 0.25) is 0 Å². The molecule has 0 bridgehead atoms. The Balaban J connectivity index is 1.42. The van der Waals surface area contributed by atoms with Gasteiger partial charge in [0.2, 0.25) is 0 Å². The molecule has 160 valence electrons. The molecule has 0 saturated carbocycles. The highest BCUT2D eigenvalue weighted by Gasteiger charge is 2.28. The van der Waals surface area contributed by atoms with Crippen molar-refractivity contribution in [3.63, 3.8) is 0 Å². The number of carbonyl (C=O) groups excluding carboxylic acids is 1. The summed E-state index contributed by atoms with van der Waals surface area (Å²) < 4.78 is 5.46. The smallest absolute Gasteiger partial charge is 0.410 e. The van der Waals surface area contributed by atoms with Crippen molar-refractivity contribution in [1.82, 2.24) is 9.80 Å². The van der Waals surface area contributed by atoms with Crippen LogP contribution in [0.15, 0.2) is 24.3 Å². The van der Waals surface area contributed by atoms with Gasteiger partial charge in [-0.05, 0) is 45.6 Å². The Morgan fingerprint density at radius 1 is 1.14 bits per heavy atom. The van der Waals surface area contributed by atoms with Crippen LogP contribution in [0.4, 0.5) is 16.2 Å². The predicted octanol–water partition coefficient (Wildman–Crippen LogP) is 3.36. The number of ether oxygens (including phenoxy) is 1. The second-order valence-corrected chi connectivity index (χ2v) is 8.98. The number of non-ortho nitro benzene ring substituents is 1. The number of amides is 1. The summed E-state index contributed by atoms with van der Waals surface area (Å²) in [7, 11) is 0. The van der Waals surface area contributed by atoms with Gasteiger partial charge in [0, 0.05) is 63.6 Å². The van der Waals surface area contributed by atoms with Crippen LogP contribution in [0.25, 0.3) is 0 Å². The number of nitro benzene ring substituents is 1. The lowest BCUT2D eigenvalue weighted by Crippen LogP contribution is -2.51. The predicted molar refractivity (Wildman–Crippen MR) is 112 cm³/mol. The lowest BCUT2D eigenvalue weighted by molar-refractivity contribution is -0.384. The van der Waals surface area contributed by atoms with Gasteiger partial charge in [0.1, 0.15) is 5.60 Å². The average Bonchev–Trinajstić information content (AvgIpc) is 2.68. The zero-order chi connectivity index (χ0) is 21.0. The molecule has 2 saturated heterocycles. The number of piperidine rings is 1. The van der Waals surface area contributed by atoms with Gasteiger partial charge in [0.05, 0.1) is 4.92 Å². The largest absolute Gasteiger partial charge is 0.444 e. The first kappa shape index (κ1) is 21.4.